The van der Waals surface area contributed by atoms with Gasteiger partial charge in [-0.2, -0.15) is 0 Å². The lowest BCUT2D eigenvalue weighted by Gasteiger charge is -2.59. The number of urea groups is 1. The number of nitrogens with two attached hydrogens (primary N) is 1. The van der Waals surface area contributed by atoms with E-state index in [0.717, 1.165) is 63.5 Å². The van der Waals surface area contributed by atoms with Gasteiger partial charge in [-0.3, -0.25) is 4.79 Å². The van der Waals surface area contributed by atoms with E-state index < -0.39 is 0 Å². The average molecular weight is 424 g/mol. The molecule has 2 saturated heterocycles. The number of piperidine rings is 1. The summed E-state index contributed by atoms with van der Waals surface area (Å²) in [5.74, 6) is 2.22. The van der Waals surface area contributed by atoms with Gasteiger partial charge in [0, 0.05) is 36.4 Å². The highest BCUT2D eigenvalue weighted by molar-refractivity contribution is 5.81. The Morgan fingerprint density at radius 3 is 2.23 bits per heavy atom. The lowest BCUT2D eigenvalue weighted by molar-refractivity contribution is -0.145. The van der Waals surface area contributed by atoms with E-state index in [1.165, 1.54) is 0 Å². The van der Waals surface area contributed by atoms with Crippen LogP contribution >= 0.6 is 0 Å². The van der Waals surface area contributed by atoms with E-state index in [4.69, 9.17) is 10.5 Å². The molecule has 31 heavy (non-hydrogen) atoms. The van der Waals surface area contributed by atoms with Crippen LogP contribution in [-0.2, 0) is 4.79 Å². The third-order valence-electron chi connectivity index (χ3n) is 9.06. The van der Waals surface area contributed by atoms with Crippen molar-refractivity contribution in [2.45, 2.75) is 82.0 Å². The van der Waals surface area contributed by atoms with Crippen LogP contribution in [0.5, 0.6) is 5.75 Å². The lowest BCUT2D eigenvalue weighted by Crippen LogP contribution is -2.64. The summed E-state index contributed by atoms with van der Waals surface area (Å²) in [6.45, 7) is 0. The smallest absolute Gasteiger partial charge is 0.318 e. The molecule has 3 amide bonds. The highest BCUT2D eigenvalue weighted by Crippen LogP contribution is 2.60. The predicted molar refractivity (Wildman–Crippen MR) is 116 cm³/mol. The largest absolute Gasteiger partial charge is 0.490 e. The van der Waals surface area contributed by atoms with Gasteiger partial charge in [0.1, 0.15) is 11.9 Å². The quantitative estimate of drug-likeness (QED) is 0.778. The number of rotatable bonds is 4. The maximum Gasteiger partial charge on any atom is 0.318 e. The Hall–Kier alpha value is -2.24. The standard InChI is InChI=1S/C25H33N3O3/c26-23(29)25-12-15-8-16(13-25)22(17(9-15)14-25)27-24(30)28-18-6-7-19(28)11-21(10-18)31-20-4-2-1-3-5-20/h1-5,15-19,21-22H,6-14H2,(H2,26,29)(H,27,30)/t15?,16?,17?,18-,19+,21+,22?,25?. The molecular formula is C25H33N3O3. The first-order valence-electron chi connectivity index (χ1n) is 12.1. The van der Waals surface area contributed by atoms with Crippen molar-refractivity contribution in [1.29, 1.82) is 0 Å². The Morgan fingerprint density at radius 2 is 1.61 bits per heavy atom. The minimum Gasteiger partial charge on any atom is -0.490 e. The van der Waals surface area contributed by atoms with Crippen molar-refractivity contribution in [2.24, 2.45) is 28.9 Å². The highest BCUT2D eigenvalue weighted by Gasteiger charge is 2.58. The Kier molecular flexibility index (Phi) is 4.48. The SMILES string of the molecule is NC(=O)C12CC3CC(C1)C(NC(=O)N1[C@@H]4CC[C@H]1C[C@@H](Oc1ccccc1)C4)C(C3)C2. The highest BCUT2D eigenvalue weighted by atomic mass is 16.5. The van der Waals surface area contributed by atoms with Crippen LogP contribution in [0.25, 0.3) is 0 Å². The van der Waals surface area contributed by atoms with E-state index in [2.05, 4.69) is 10.2 Å². The van der Waals surface area contributed by atoms with Gasteiger partial charge in [0.2, 0.25) is 5.91 Å². The molecule has 5 atom stereocenters. The fraction of sp³-hybridized carbons (Fsp3) is 0.680. The van der Waals surface area contributed by atoms with Gasteiger partial charge in [0.15, 0.2) is 0 Å². The summed E-state index contributed by atoms with van der Waals surface area (Å²) in [4.78, 5) is 27.7. The number of benzene rings is 1. The van der Waals surface area contributed by atoms with E-state index in [9.17, 15) is 9.59 Å². The summed E-state index contributed by atoms with van der Waals surface area (Å²) in [5.41, 5.74) is 5.52. The number of carbonyl (C=O) groups is 2. The van der Waals surface area contributed by atoms with Gasteiger partial charge >= 0.3 is 6.03 Å². The molecule has 6 aliphatic rings. The number of ether oxygens (including phenoxy) is 1. The van der Waals surface area contributed by atoms with Gasteiger partial charge < -0.3 is 20.7 Å². The summed E-state index contributed by atoms with van der Waals surface area (Å²) >= 11 is 0. The number of nitrogens with zero attached hydrogens (tertiary/aromatic N) is 1. The molecule has 2 aliphatic heterocycles. The third-order valence-corrected chi connectivity index (χ3v) is 9.06. The second-order valence-electron chi connectivity index (χ2n) is 10.9. The minimum atomic E-state index is -0.302. The average Bonchev–Trinajstić information content (AvgIpc) is 3.01. The van der Waals surface area contributed by atoms with Crippen molar-refractivity contribution in [3.63, 3.8) is 0 Å². The molecule has 0 spiro atoms. The second-order valence-corrected chi connectivity index (χ2v) is 10.9. The van der Waals surface area contributed by atoms with Gasteiger partial charge in [-0.1, -0.05) is 18.2 Å². The van der Waals surface area contributed by atoms with E-state index in [1.807, 2.05) is 30.3 Å². The van der Waals surface area contributed by atoms with Crippen LogP contribution in [0.3, 0.4) is 0 Å². The topological polar surface area (TPSA) is 84.7 Å². The summed E-state index contributed by atoms with van der Waals surface area (Å²) in [7, 11) is 0. The van der Waals surface area contributed by atoms with Gasteiger partial charge in [-0.15, -0.1) is 0 Å². The first-order chi connectivity index (χ1) is 15.0. The van der Waals surface area contributed by atoms with Crippen molar-refractivity contribution in [3.8, 4) is 5.75 Å². The summed E-state index contributed by atoms with van der Waals surface area (Å²) in [6.07, 6.45) is 9.09. The molecule has 1 aromatic rings. The van der Waals surface area contributed by atoms with Crippen molar-refractivity contribution in [3.05, 3.63) is 30.3 Å². The number of hydrogen-bond acceptors (Lipinski definition) is 3. The van der Waals surface area contributed by atoms with E-state index in [1.54, 1.807) is 0 Å². The monoisotopic (exact) mass is 423 g/mol. The van der Waals surface area contributed by atoms with Crippen LogP contribution in [0.4, 0.5) is 4.79 Å². The van der Waals surface area contributed by atoms with E-state index in [-0.39, 0.29) is 41.6 Å². The minimum absolute atomic E-state index is 0.108. The number of hydrogen-bond donors (Lipinski definition) is 2. The zero-order valence-electron chi connectivity index (χ0n) is 18.0. The van der Waals surface area contributed by atoms with Crippen molar-refractivity contribution in [2.75, 3.05) is 0 Å². The first-order valence-corrected chi connectivity index (χ1v) is 12.1. The third kappa shape index (κ3) is 3.21. The van der Waals surface area contributed by atoms with Crippen LogP contribution in [0.1, 0.15) is 57.8 Å². The molecule has 166 valence electrons. The number of para-hydroxylation sites is 1. The molecular weight excluding hydrogens is 390 g/mol. The Bertz CT molecular complexity index is 844. The van der Waals surface area contributed by atoms with Crippen molar-refractivity contribution < 1.29 is 14.3 Å². The van der Waals surface area contributed by atoms with Crippen LogP contribution in [-0.4, -0.2) is 41.1 Å². The lowest BCUT2D eigenvalue weighted by atomic mass is 9.47. The molecule has 1 aromatic carbocycles. The van der Waals surface area contributed by atoms with Gasteiger partial charge in [0.05, 0.1) is 0 Å². The van der Waals surface area contributed by atoms with Gasteiger partial charge in [0.25, 0.3) is 0 Å². The molecule has 2 heterocycles. The number of fused-ring (bicyclic) bond motifs is 2. The Morgan fingerprint density at radius 1 is 0.968 bits per heavy atom. The molecule has 3 N–H and O–H groups in total. The molecule has 6 nitrogen and oxygen atoms in total. The Balaban J connectivity index is 1.12. The normalized spacial score (nSPS) is 42.5. The molecule has 2 unspecified atom stereocenters. The maximum absolute atomic E-state index is 13.4. The molecule has 4 aliphatic carbocycles. The fourth-order valence-electron chi connectivity index (χ4n) is 8.03. The summed E-state index contributed by atoms with van der Waals surface area (Å²) in [6, 6.07) is 10.9. The second kappa shape index (κ2) is 7.14. The molecule has 6 bridgehead atoms. The maximum atomic E-state index is 13.4. The number of amides is 3. The van der Waals surface area contributed by atoms with Crippen LogP contribution in [0.15, 0.2) is 30.3 Å². The molecule has 7 rings (SSSR count). The molecule has 0 aromatic heterocycles. The molecule has 4 saturated carbocycles. The van der Waals surface area contributed by atoms with Crippen molar-refractivity contribution in [1.82, 2.24) is 10.2 Å². The van der Waals surface area contributed by atoms with Gasteiger partial charge in [-0.25, -0.2) is 4.79 Å². The van der Waals surface area contributed by atoms with Crippen LogP contribution in [0, 0.1) is 23.2 Å². The zero-order valence-corrected chi connectivity index (χ0v) is 18.0. The van der Waals surface area contributed by atoms with E-state index in [0.29, 0.717) is 17.8 Å². The van der Waals surface area contributed by atoms with Crippen LogP contribution in [0.2, 0.25) is 0 Å². The number of primary amides is 1. The van der Waals surface area contributed by atoms with E-state index >= 15 is 0 Å². The fourth-order valence-corrected chi connectivity index (χ4v) is 8.03. The zero-order chi connectivity index (χ0) is 21.2. The Labute approximate surface area is 183 Å². The first kappa shape index (κ1) is 19.4. The molecule has 6 heteroatoms. The number of nitrogens with one attached hydrogen (secondary N) is 1. The van der Waals surface area contributed by atoms with Crippen molar-refractivity contribution >= 4 is 11.9 Å². The predicted octanol–water partition coefficient (Wildman–Crippen LogP) is 3.45. The molecule has 6 fully saturated rings. The molecule has 0 radical (unpaired) electrons. The number of carbonyl (C=O) groups excluding carboxylic acids is 2. The van der Waals surface area contributed by atoms with Gasteiger partial charge in [-0.05, 0) is 74.8 Å². The summed E-state index contributed by atoms with van der Waals surface area (Å²) < 4.78 is 6.22. The summed E-state index contributed by atoms with van der Waals surface area (Å²) in [5, 5.41) is 3.45. The van der Waals surface area contributed by atoms with Crippen LogP contribution < -0.4 is 15.8 Å².